The fourth-order valence-corrected chi connectivity index (χ4v) is 3.98. The maximum atomic E-state index is 13.9. The third-order valence-corrected chi connectivity index (χ3v) is 5.64. The number of phenolic OH excluding ortho intramolecular Hbond substituents is 1. The van der Waals surface area contributed by atoms with E-state index in [1.54, 1.807) is 12.1 Å². The Morgan fingerprint density at radius 2 is 1.39 bits per heavy atom. The van der Waals surface area contributed by atoms with Crippen molar-refractivity contribution >= 4 is 21.9 Å². The Labute approximate surface area is 210 Å². The van der Waals surface area contributed by atoms with Gasteiger partial charge >= 0.3 is 0 Å². The SMILES string of the molecule is COc1c(OCCO)cc2oc3cc(OCCO)c(CC=C(C)C)c(O)c3c(=O)c2c1CC=C(C)C. The summed E-state index contributed by atoms with van der Waals surface area (Å²) in [6.07, 6.45) is 4.59. The predicted octanol–water partition coefficient (Wildman–Crippen LogP) is 4.42. The van der Waals surface area contributed by atoms with Gasteiger partial charge in [0.1, 0.15) is 41.3 Å². The first-order valence-electron chi connectivity index (χ1n) is 11.8. The third-order valence-electron chi connectivity index (χ3n) is 5.64. The molecule has 36 heavy (non-hydrogen) atoms. The molecule has 0 radical (unpaired) electrons. The van der Waals surface area contributed by atoms with Crippen LogP contribution in [0.4, 0.5) is 0 Å². The number of phenols is 1. The minimum atomic E-state index is -0.403. The number of aliphatic hydroxyl groups is 2. The fourth-order valence-electron chi connectivity index (χ4n) is 3.98. The van der Waals surface area contributed by atoms with Gasteiger partial charge in [-0.3, -0.25) is 4.79 Å². The first-order valence-corrected chi connectivity index (χ1v) is 11.8. The number of hydrogen-bond donors (Lipinski definition) is 3. The van der Waals surface area contributed by atoms with E-state index in [1.807, 2.05) is 39.8 Å². The molecular weight excluding hydrogens is 464 g/mol. The molecule has 0 amide bonds. The number of ether oxygens (including phenoxy) is 3. The molecule has 0 aliphatic heterocycles. The van der Waals surface area contributed by atoms with Crippen molar-refractivity contribution in [2.24, 2.45) is 0 Å². The molecule has 1 aromatic heterocycles. The van der Waals surface area contributed by atoms with Crippen LogP contribution in [-0.2, 0) is 12.8 Å². The van der Waals surface area contributed by atoms with Gasteiger partial charge in [-0.15, -0.1) is 0 Å². The van der Waals surface area contributed by atoms with Crippen LogP contribution in [-0.4, -0.2) is 48.9 Å². The molecule has 0 fully saturated rings. The Bertz CT molecular complexity index is 1360. The number of allylic oxidation sites excluding steroid dienone is 4. The first-order chi connectivity index (χ1) is 17.2. The largest absolute Gasteiger partial charge is 0.507 e. The summed E-state index contributed by atoms with van der Waals surface area (Å²) >= 11 is 0. The Balaban J connectivity index is 2.44. The zero-order chi connectivity index (χ0) is 26.4. The molecular formula is C28H34O8. The second-order valence-corrected chi connectivity index (χ2v) is 8.88. The molecule has 0 aliphatic carbocycles. The van der Waals surface area contributed by atoms with E-state index in [2.05, 4.69) is 0 Å². The van der Waals surface area contributed by atoms with E-state index in [0.717, 1.165) is 11.1 Å². The van der Waals surface area contributed by atoms with E-state index in [4.69, 9.17) is 18.6 Å². The molecule has 3 N–H and O–H groups in total. The van der Waals surface area contributed by atoms with Gasteiger partial charge < -0.3 is 33.9 Å². The maximum absolute atomic E-state index is 13.9. The van der Waals surface area contributed by atoms with Gasteiger partial charge in [-0.05, 0) is 40.5 Å². The fraction of sp³-hybridized carbons (Fsp3) is 0.393. The number of benzene rings is 2. The van der Waals surface area contributed by atoms with E-state index < -0.39 is 5.43 Å². The van der Waals surface area contributed by atoms with Crippen LogP contribution in [0.15, 0.2) is 44.6 Å². The van der Waals surface area contributed by atoms with Crippen molar-refractivity contribution in [3.8, 4) is 23.0 Å². The Morgan fingerprint density at radius 3 is 1.94 bits per heavy atom. The Hall–Kier alpha value is -3.49. The zero-order valence-electron chi connectivity index (χ0n) is 21.4. The second-order valence-electron chi connectivity index (χ2n) is 8.88. The van der Waals surface area contributed by atoms with Crippen LogP contribution < -0.4 is 19.6 Å². The van der Waals surface area contributed by atoms with E-state index in [9.17, 15) is 20.1 Å². The summed E-state index contributed by atoms with van der Waals surface area (Å²) in [5.74, 6) is 0.803. The monoisotopic (exact) mass is 498 g/mol. The minimum Gasteiger partial charge on any atom is -0.507 e. The summed E-state index contributed by atoms with van der Waals surface area (Å²) in [4.78, 5) is 13.9. The van der Waals surface area contributed by atoms with Gasteiger partial charge in [-0.25, -0.2) is 0 Å². The average molecular weight is 499 g/mol. The second kappa shape index (κ2) is 12.0. The molecule has 194 valence electrons. The molecule has 1 heterocycles. The highest BCUT2D eigenvalue weighted by atomic mass is 16.5. The van der Waals surface area contributed by atoms with Gasteiger partial charge in [0, 0.05) is 23.3 Å². The van der Waals surface area contributed by atoms with Crippen molar-refractivity contribution in [3.63, 3.8) is 0 Å². The topological polar surface area (TPSA) is 119 Å². The van der Waals surface area contributed by atoms with E-state index in [1.165, 1.54) is 7.11 Å². The number of methoxy groups -OCH3 is 1. The number of aromatic hydroxyl groups is 1. The molecule has 0 saturated carbocycles. The van der Waals surface area contributed by atoms with Gasteiger partial charge in [0.2, 0.25) is 5.43 Å². The van der Waals surface area contributed by atoms with E-state index >= 15 is 0 Å². The number of rotatable bonds is 11. The summed E-state index contributed by atoms with van der Waals surface area (Å²) in [6, 6.07) is 3.12. The highest BCUT2D eigenvalue weighted by molar-refractivity contribution is 5.98. The molecule has 3 rings (SSSR count). The minimum absolute atomic E-state index is 0.0216. The molecule has 0 bridgehead atoms. The quantitative estimate of drug-likeness (QED) is 0.263. The average Bonchev–Trinajstić information content (AvgIpc) is 2.83. The lowest BCUT2D eigenvalue weighted by molar-refractivity contribution is 0.196. The molecule has 0 spiro atoms. The molecule has 8 nitrogen and oxygen atoms in total. The van der Waals surface area contributed by atoms with Crippen LogP contribution in [0, 0.1) is 0 Å². The van der Waals surface area contributed by atoms with E-state index in [-0.39, 0.29) is 54.1 Å². The lowest BCUT2D eigenvalue weighted by Crippen LogP contribution is -2.11. The van der Waals surface area contributed by atoms with Crippen molar-refractivity contribution in [2.45, 2.75) is 40.5 Å². The van der Waals surface area contributed by atoms with Crippen LogP contribution in [0.5, 0.6) is 23.0 Å². The van der Waals surface area contributed by atoms with Crippen molar-refractivity contribution in [1.82, 2.24) is 0 Å². The summed E-state index contributed by atoms with van der Waals surface area (Å²) in [5, 5.41) is 30.1. The van der Waals surface area contributed by atoms with E-state index in [0.29, 0.717) is 41.2 Å². The van der Waals surface area contributed by atoms with Gasteiger partial charge in [0.15, 0.2) is 11.5 Å². The zero-order valence-corrected chi connectivity index (χ0v) is 21.4. The van der Waals surface area contributed by atoms with Crippen LogP contribution in [0.1, 0.15) is 38.8 Å². The van der Waals surface area contributed by atoms with Crippen molar-refractivity contribution in [3.05, 3.63) is 56.8 Å². The smallest absolute Gasteiger partial charge is 0.204 e. The van der Waals surface area contributed by atoms with Gasteiger partial charge in [-0.2, -0.15) is 0 Å². The van der Waals surface area contributed by atoms with Crippen LogP contribution >= 0.6 is 0 Å². The normalized spacial score (nSPS) is 11.0. The molecule has 0 unspecified atom stereocenters. The first kappa shape index (κ1) is 27.1. The van der Waals surface area contributed by atoms with Crippen LogP contribution in [0.2, 0.25) is 0 Å². The number of fused-ring (bicyclic) bond motifs is 2. The van der Waals surface area contributed by atoms with Crippen LogP contribution in [0.3, 0.4) is 0 Å². The molecule has 8 heteroatoms. The van der Waals surface area contributed by atoms with Gasteiger partial charge in [-0.1, -0.05) is 23.3 Å². The lowest BCUT2D eigenvalue weighted by atomic mass is 9.98. The Kier molecular flexibility index (Phi) is 9.01. The molecule has 3 aromatic rings. The highest BCUT2D eigenvalue weighted by Gasteiger charge is 2.24. The summed E-state index contributed by atoms with van der Waals surface area (Å²) in [7, 11) is 1.49. The molecule has 0 aliphatic rings. The van der Waals surface area contributed by atoms with Crippen molar-refractivity contribution in [2.75, 3.05) is 33.5 Å². The van der Waals surface area contributed by atoms with Crippen molar-refractivity contribution < 1.29 is 33.9 Å². The lowest BCUT2D eigenvalue weighted by Gasteiger charge is -2.17. The molecule has 2 aromatic carbocycles. The molecule has 0 atom stereocenters. The molecule has 0 saturated heterocycles. The highest BCUT2D eigenvalue weighted by Crippen LogP contribution is 2.41. The predicted molar refractivity (Wildman–Crippen MR) is 140 cm³/mol. The van der Waals surface area contributed by atoms with Gasteiger partial charge in [0.25, 0.3) is 0 Å². The summed E-state index contributed by atoms with van der Waals surface area (Å²) < 4.78 is 23.1. The van der Waals surface area contributed by atoms with Gasteiger partial charge in [0.05, 0.1) is 25.7 Å². The number of hydrogen-bond acceptors (Lipinski definition) is 8. The number of aliphatic hydroxyl groups excluding tert-OH is 2. The van der Waals surface area contributed by atoms with Crippen LogP contribution in [0.25, 0.3) is 21.9 Å². The summed E-state index contributed by atoms with van der Waals surface area (Å²) in [6.45, 7) is 7.44. The Morgan fingerprint density at radius 1 is 0.861 bits per heavy atom. The third kappa shape index (κ3) is 5.66. The summed E-state index contributed by atoms with van der Waals surface area (Å²) in [5.41, 5.74) is 3.08. The standard InChI is InChI=1S/C28H34O8/c1-16(2)6-8-18-20(34-12-10-29)14-22-25(26(18)31)27(32)24-19(9-7-17(3)4)28(33-5)23(35-13-11-30)15-21(24)36-22/h6-7,14-15,29-31H,8-13H2,1-5H3. The maximum Gasteiger partial charge on any atom is 0.204 e. The van der Waals surface area contributed by atoms with Crippen molar-refractivity contribution in [1.29, 1.82) is 0 Å².